The first-order valence-corrected chi connectivity index (χ1v) is 7.38. The lowest BCUT2D eigenvalue weighted by molar-refractivity contribution is 0.468. The second kappa shape index (κ2) is 5.74. The van der Waals surface area contributed by atoms with Crippen LogP contribution in [0.5, 0.6) is 0 Å². The van der Waals surface area contributed by atoms with Gasteiger partial charge in [0.25, 0.3) is 0 Å². The van der Waals surface area contributed by atoms with Crippen LogP contribution in [0.1, 0.15) is 25.0 Å². The first kappa shape index (κ1) is 13.9. The van der Waals surface area contributed by atoms with Gasteiger partial charge < -0.3 is 9.73 Å². The number of furan rings is 1. The largest absolute Gasteiger partial charge is 0.464 e. The molecule has 0 saturated heterocycles. The van der Waals surface area contributed by atoms with Crippen molar-refractivity contribution in [3.63, 3.8) is 0 Å². The van der Waals surface area contributed by atoms with Crippen molar-refractivity contribution in [1.29, 1.82) is 0 Å². The van der Waals surface area contributed by atoms with Crippen molar-refractivity contribution >= 4 is 11.0 Å². The van der Waals surface area contributed by atoms with Gasteiger partial charge in [-0.15, -0.1) is 0 Å². The molecule has 2 aromatic carbocycles. The van der Waals surface area contributed by atoms with Crippen molar-refractivity contribution in [3.05, 3.63) is 72.0 Å². The van der Waals surface area contributed by atoms with E-state index in [0.29, 0.717) is 0 Å². The molecule has 108 valence electrons. The summed E-state index contributed by atoms with van der Waals surface area (Å²) in [5.74, 6) is 0. The molecule has 0 bridgehead atoms. The molecule has 3 aromatic rings. The lowest BCUT2D eigenvalue weighted by Crippen LogP contribution is -2.32. The molecule has 0 atom stereocenters. The molecular formula is C19H21NO. The van der Waals surface area contributed by atoms with Gasteiger partial charge in [-0.05, 0) is 11.6 Å². The molecule has 0 aliphatic carbocycles. The Morgan fingerprint density at radius 1 is 0.952 bits per heavy atom. The van der Waals surface area contributed by atoms with Gasteiger partial charge in [-0.1, -0.05) is 62.4 Å². The van der Waals surface area contributed by atoms with Crippen molar-refractivity contribution in [3.8, 4) is 0 Å². The molecule has 2 heteroatoms. The number of rotatable bonds is 5. The van der Waals surface area contributed by atoms with Gasteiger partial charge >= 0.3 is 0 Å². The molecule has 1 heterocycles. The van der Waals surface area contributed by atoms with E-state index in [1.54, 1.807) is 0 Å². The van der Waals surface area contributed by atoms with Crippen LogP contribution in [0.15, 0.2) is 65.3 Å². The molecule has 0 amide bonds. The molecule has 3 rings (SSSR count). The summed E-state index contributed by atoms with van der Waals surface area (Å²) in [6.45, 7) is 6.29. The van der Waals surface area contributed by atoms with Crippen LogP contribution in [0, 0.1) is 0 Å². The van der Waals surface area contributed by atoms with Gasteiger partial charge in [0, 0.05) is 29.5 Å². The quantitative estimate of drug-likeness (QED) is 0.744. The van der Waals surface area contributed by atoms with E-state index >= 15 is 0 Å². The number of hydrogen-bond donors (Lipinski definition) is 1. The Morgan fingerprint density at radius 2 is 1.67 bits per heavy atom. The highest BCUT2D eigenvalue weighted by Gasteiger charge is 2.19. The van der Waals surface area contributed by atoms with E-state index in [2.05, 4.69) is 61.6 Å². The van der Waals surface area contributed by atoms with Crippen molar-refractivity contribution in [2.24, 2.45) is 0 Å². The monoisotopic (exact) mass is 279 g/mol. The van der Waals surface area contributed by atoms with E-state index < -0.39 is 0 Å². The zero-order valence-electron chi connectivity index (χ0n) is 12.6. The molecule has 0 unspecified atom stereocenters. The molecule has 1 N–H and O–H groups in total. The number of benzene rings is 2. The summed E-state index contributed by atoms with van der Waals surface area (Å²) >= 11 is 0. The van der Waals surface area contributed by atoms with E-state index in [1.165, 1.54) is 16.5 Å². The van der Waals surface area contributed by atoms with Gasteiger partial charge in [-0.3, -0.25) is 0 Å². The summed E-state index contributed by atoms with van der Waals surface area (Å²) in [7, 11) is 0. The summed E-state index contributed by atoms with van der Waals surface area (Å²) in [6, 6.07) is 18.8. The third-order valence-electron chi connectivity index (χ3n) is 4.00. The highest BCUT2D eigenvalue weighted by atomic mass is 16.3. The molecule has 0 radical (unpaired) electrons. The van der Waals surface area contributed by atoms with Crippen LogP contribution in [0.3, 0.4) is 0 Å². The van der Waals surface area contributed by atoms with Gasteiger partial charge in [0.2, 0.25) is 0 Å². The lowest BCUT2D eigenvalue weighted by atomic mass is 9.84. The van der Waals surface area contributed by atoms with Gasteiger partial charge in [0.05, 0.1) is 6.26 Å². The minimum absolute atomic E-state index is 0.112. The summed E-state index contributed by atoms with van der Waals surface area (Å²) in [4.78, 5) is 0. The van der Waals surface area contributed by atoms with Crippen LogP contribution in [-0.2, 0) is 12.0 Å². The van der Waals surface area contributed by atoms with E-state index in [4.69, 9.17) is 4.42 Å². The predicted molar refractivity (Wildman–Crippen MR) is 87.4 cm³/mol. The van der Waals surface area contributed by atoms with Crippen LogP contribution in [0.2, 0.25) is 0 Å². The predicted octanol–water partition coefficient (Wildman–Crippen LogP) is 4.50. The summed E-state index contributed by atoms with van der Waals surface area (Å²) in [6.07, 6.45) is 1.85. The number of nitrogens with one attached hydrogen (secondary N) is 1. The average molecular weight is 279 g/mol. The Hall–Kier alpha value is -2.06. The zero-order valence-corrected chi connectivity index (χ0v) is 12.6. The third-order valence-corrected chi connectivity index (χ3v) is 4.00. The van der Waals surface area contributed by atoms with Crippen LogP contribution in [-0.4, -0.2) is 6.54 Å². The maximum absolute atomic E-state index is 5.58. The van der Waals surface area contributed by atoms with E-state index in [1.807, 2.05) is 18.4 Å². The Bertz CT molecular complexity index is 713. The van der Waals surface area contributed by atoms with Crippen LogP contribution in [0.25, 0.3) is 11.0 Å². The first-order valence-electron chi connectivity index (χ1n) is 7.38. The van der Waals surface area contributed by atoms with Crippen LogP contribution < -0.4 is 5.32 Å². The molecule has 0 aliphatic heterocycles. The first-order chi connectivity index (χ1) is 10.2. The van der Waals surface area contributed by atoms with Crippen LogP contribution >= 0.6 is 0 Å². The van der Waals surface area contributed by atoms with Crippen LogP contribution in [0.4, 0.5) is 0 Å². The van der Waals surface area contributed by atoms with Crippen molar-refractivity contribution in [2.45, 2.75) is 25.8 Å². The number of para-hydroxylation sites is 1. The Morgan fingerprint density at radius 3 is 2.48 bits per heavy atom. The Kier molecular flexibility index (Phi) is 3.80. The Balaban J connectivity index is 1.66. The van der Waals surface area contributed by atoms with Crippen molar-refractivity contribution in [2.75, 3.05) is 6.54 Å². The zero-order chi connectivity index (χ0) is 14.7. The topological polar surface area (TPSA) is 25.2 Å². The molecule has 0 saturated carbocycles. The average Bonchev–Trinajstić information content (AvgIpc) is 2.92. The number of fused-ring (bicyclic) bond motifs is 1. The smallest absolute Gasteiger partial charge is 0.134 e. The number of hydrogen-bond acceptors (Lipinski definition) is 2. The summed E-state index contributed by atoms with van der Waals surface area (Å²) in [5, 5.41) is 4.76. The van der Waals surface area contributed by atoms with Crippen molar-refractivity contribution in [1.82, 2.24) is 5.32 Å². The third kappa shape index (κ3) is 3.01. The molecular weight excluding hydrogens is 258 g/mol. The fraction of sp³-hybridized carbons (Fsp3) is 0.263. The summed E-state index contributed by atoms with van der Waals surface area (Å²) < 4.78 is 5.58. The highest BCUT2D eigenvalue weighted by molar-refractivity contribution is 5.80. The SMILES string of the molecule is CC(C)(CNCc1coc2ccccc12)c1ccccc1. The van der Waals surface area contributed by atoms with E-state index in [0.717, 1.165) is 18.7 Å². The van der Waals surface area contributed by atoms with Crippen molar-refractivity contribution < 1.29 is 4.42 Å². The maximum atomic E-state index is 5.58. The lowest BCUT2D eigenvalue weighted by Gasteiger charge is -2.25. The second-order valence-electron chi connectivity index (χ2n) is 6.11. The molecule has 2 nitrogen and oxygen atoms in total. The van der Waals surface area contributed by atoms with E-state index in [9.17, 15) is 0 Å². The summed E-state index contributed by atoms with van der Waals surface area (Å²) in [5.41, 5.74) is 3.64. The van der Waals surface area contributed by atoms with E-state index in [-0.39, 0.29) is 5.41 Å². The highest BCUT2D eigenvalue weighted by Crippen LogP contribution is 2.23. The minimum atomic E-state index is 0.112. The molecule has 1 aromatic heterocycles. The van der Waals surface area contributed by atoms with Gasteiger partial charge in [-0.2, -0.15) is 0 Å². The standard InChI is InChI=1S/C19H21NO/c1-19(2,16-8-4-3-5-9-16)14-20-12-15-13-21-18-11-7-6-10-17(15)18/h3-11,13,20H,12,14H2,1-2H3. The fourth-order valence-corrected chi connectivity index (χ4v) is 2.67. The molecule has 0 aliphatic rings. The second-order valence-corrected chi connectivity index (χ2v) is 6.11. The maximum Gasteiger partial charge on any atom is 0.134 e. The molecule has 0 fully saturated rings. The van der Waals surface area contributed by atoms with Gasteiger partial charge in [-0.25, -0.2) is 0 Å². The minimum Gasteiger partial charge on any atom is -0.464 e. The van der Waals surface area contributed by atoms with Gasteiger partial charge in [0.1, 0.15) is 5.58 Å². The van der Waals surface area contributed by atoms with Gasteiger partial charge in [0.15, 0.2) is 0 Å². The normalized spacial score (nSPS) is 11.9. The Labute approximate surface area is 125 Å². The molecule has 0 spiro atoms. The molecule has 21 heavy (non-hydrogen) atoms. The fourth-order valence-electron chi connectivity index (χ4n) is 2.67.